The van der Waals surface area contributed by atoms with Crippen LogP contribution in [0.15, 0.2) is 46.9 Å². The van der Waals surface area contributed by atoms with Crippen LogP contribution in [-0.2, 0) is 6.18 Å². The van der Waals surface area contributed by atoms with Gasteiger partial charge in [-0.25, -0.2) is 0 Å². The highest BCUT2D eigenvalue weighted by atomic mass is 35.5. The molecule has 0 spiro atoms. The first-order valence-electron chi connectivity index (χ1n) is 7.90. The summed E-state index contributed by atoms with van der Waals surface area (Å²) in [4.78, 5) is 6.05. The minimum absolute atomic E-state index is 0.269. The molecule has 0 unspecified atom stereocenters. The Hall–Kier alpha value is -2.21. The van der Waals surface area contributed by atoms with Gasteiger partial charge in [0.05, 0.1) is 10.6 Å². The number of hydrogen-bond donors (Lipinski definition) is 0. The molecule has 0 saturated heterocycles. The zero-order valence-corrected chi connectivity index (χ0v) is 14.2. The molecule has 0 atom stereocenters. The lowest BCUT2D eigenvalue weighted by atomic mass is 10.1. The van der Waals surface area contributed by atoms with Crippen LogP contribution in [0, 0.1) is 0 Å². The quantitative estimate of drug-likeness (QED) is 0.519. The predicted octanol–water partition coefficient (Wildman–Crippen LogP) is 6.44. The van der Waals surface area contributed by atoms with Crippen molar-refractivity contribution in [3.8, 4) is 0 Å². The molecule has 0 aliphatic heterocycles. The molecular formula is C18H16ClF3N2O. The highest BCUT2D eigenvalue weighted by Gasteiger charge is 2.34. The Morgan fingerprint density at radius 3 is 2.60 bits per heavy atom. The maximum atomic E-state index is 13.2. The van der Waals surface area contributed by atoms with Crippen molar-refractivity contribution < 1.29 is 17.6 Å². The van der Waals surface area contributed by atoms with Crippen molar-refractivity contribution in [1.82, 2.24) is 4.98 Å². The average molecular weight is 369 g/mol. The van der Waals surface area contributed by atoms with Gasteiger partial charge in [0, 0.05) is 12.2 Å². The number of fused-ring (bicyclic) bond motifs is 1. The van der Waals surface area contributed by atoms with E-state index in [2.05, 4.69) is 4.98 Å². The number of para-hydroxylation sites is 2. The summed E-state index contributed by atoms with van der Waals surface area (Å²) >= 11 is 5.72. The number of hydrogen-bond acceptors (Lipinski definition) is 3. The first kappa shape index (κ1) is 17.6. The molecule has 0 radical (unpaired) electrons. The fourth-order valence-electron chi connectivity index (χ4n) is 2.53. The summed E-state index contributed by atoms with van der Waals surface area (Å²) in [5.41, 5.74) is 0.717. The fraction of sp³-hybridized carbons (Fsp3) is 0.278. The van der Waals surface area contributed by atoms with Crippen LogP contribution in [-0.4, -0.2) is 11.5 Å². The summed E-state index contributed by atoms with van der Waals surface area (Å²) in [6.07, 6.45) is -2.86. The third-order valence-corrected chi connectivity index (χ3v) is 4.15. The van der Waals surface area contributed by atoms with E-state index in [-0.39, 0.29) is 11.0 Å². The van der Waals surface area contributed by atoms with Gasteiger partial charge in [-0.05, 0) is 36.8 Å². The van der Waals surface area contributed by atoms with Crippen molar-refractivity contribution in [2.75, 3.05) is 11.4 Å². The van der Waals surface area contributed by atoms with Gasteiger partial charge in [-0.1, -0.05) is 37.1 Å². The number of aromatic nitrogens is 1. The van der Waals surface area contributed by atoms with Crippen molar-refractivity contribution in [3.05, 3.63) is 53.1 Å². The zero-order valence-electron chi connectivity index (χ0n) is 13.5. The number of rotatable bonds is 5. The van der Waals surface area contributed by atoms with Crippen LogP contribution in [0.25, 0.3) is 11.1 Å². The minimum atomic E-state index is -4.52. The largest absolute Gasteiger partial charge is 0.423 e. The van der Waals surface area contributed by atoms with Crippen molar-refractivity contribution in [1.29, 1.82) is 0 Å². The van der Waals surface area contributed by atoms with E-state index in [0.29, 0.717) is 23.3 Å². The summed E-state index contributed by atoms with van der Waals surface area (Å²) in [6, 6.07) is 11.3. The van der Waals surface area contributed by atoms with Crippen LogP contribution in [0.4, 0.5) is 24.9 Å². The second-order valence-corrected chi connectivity index (χ2v) is 6.04. The van der Waals surface area contributed by atoms with Crippen LogP contribution in [0.2, 0.25) is 5.02 Å². The lowest BCUT2D eigenvalue weighted by molar-refractivity contribution is -0.137. The van der Waals surface area contributed by atoms with E-state index in [4.69, 9.17) is 16.0 Å². The highest BCUT2D eigenvalue weighted by molar-refractivity contribution is 6.31. The fourth-order valence-corrected chi connectivity index (χ4v) is 2.75. The molecule has 2 aromatic carbocycles. The number of anilines is 2. The summed E-state index contributed by atoms with van der Waals surface area (Å²) in [5.74, 6) is 0. The molecule has 3 aromatic rings. The van der Waals surface area contributed by atoms with Crippen LogP contribution in [0.5, 0.6) is 0 Å². The maximum Gasteiger partial charge on any atom is 0.417 e. The van der Waals surface area contributed by atoms with E-state index in [0.717, 1.165) is 18.9 Å². The van der Waals surface area contributed by atoms with Gasteiger partial charge in [0.1, 0.15) is 5.52 Å². The first-order chi connectivity index (χ1) is 11.9. The molecule has 0 N–H and O–H groups in total. The molecule has 0 amide bonds. The van der Waals surface area contributed by atoms with Crippen molar-refractivity contribution in [2.45, 2.75) is 25.9 Å². The second-order valence-electron chi connectivity index (χ2n) is 5.63. The van der Waals surface area contributed by atoms with Crippen LogP contribution in [0.3, 0.4) is 0 Å². The Morgan fingerprint density at radius 1 is 1.16 bits per heavy atom. The number of alkyl halides is 3. The number of oxazole rings is 1. The lowest BCUT2D eigenvalue weighted by Crippen LogP contribution is -2.19. The molecule has 3 nitrogen and oxygen atoms in total. The Morgan fingerprint density at radius 2 is 1.92 bits per heavy atom. The van der Waals surface area contributed by atoms with Crippen molar-refractivity contribution >= 4 is 34.4 Å². The van der Waals surface area contributed by atoms with Crippen LogP contribution < -0.4 is 4.90 Å². The molecule has 132 valence electrons. The number of unbranched alkanes of at least 4 members (excludes halogenated alkanes) is 1. The predicted molar refractivity (Wildman–Crippen MR) is 92.4 cm³/mol. The molecule has 0 saturated carbocycles. The van der Waals surface area contributed by atoms with E-state index in [1.165, 1.54) is 6.07 Å². The van der Waals surface area contributed by atoms with Gasteiger partial charge >= 0.3 is 12.2 Å². The van der Waals surface area contributed by atoms with E-state index in [1.807, 2.05) is 19.1 Å². The standard InChI is InChI=1S/C18H16ClF3N2O/c1-2-3-10-24(17-23-15-6-4-5-7-16(15)25-17)12-8-9-14(19)13(11-12)18(20,21)22/h4-9,11H,2-3,10H2,1H3. The summed E-state index contributed by atoms with van der Waals surface area (Å²) in [7, 11) is 0. The van der Waals surface area contributed by atoms with E-state index < -0.39 is 11.7 Å². The van der Waals surface area contributed by atoms with Crippen molar-refractivity contribution in [3.63, 3.8) is 0 Å². The van der Waals surface area contributed by atoms with Gasteiger partial charge < -0.3 is 4.42 Å². The van der Waals surface area contributed by atoms with Crippen LogP contribution >= 0.6 is 11.6 Å². The Labute approximate surface area is 148 Å². The first-order valence-corrected chi connectivity index (χ1v) is 8.28. The third-order valence-electron chi connectivity index (χ3n) is 3.82. The van der Waals surface area contributed by atoms with Gasteiger partial charge in [0.25, 0.3) is 0 Å². The second kappa shape index (κ2) is 6.96. The van der Waals surface area contributed by atoms with E-state index in [9.17, 15) is 13.2 Å². The lowest BCUT2D eigenvalue weighted by Gasteiger charge is -2.22. The normalized spacial score (nSPS) is 11.9. The smallest absolute Gasteiger partial charge is 0.417 e. The topological polar surface area (TPSA) is 29.3 Å². The Kier molecular flexibility index (Phi) is 4.90. The molecule has 0 bridgehead atoms. The summed E-state index contributed by atoms with van der Waals surface area (Å²) in [5, 5.41) is -0.329. The molecule has 1 heterocycles. The van der Waals surface area contributed by atoms with Gasteiger partial charge in [-0.15, -0.1) is 0 Å². The third kappa shape index (κ3) is 3.74. The van der Waals surface area contributed by atoms with Gasteiger partial charge in [-0.2, -0.15) is 18.2 Å². The minimum Gasteiger partial charge on any atom is -0.423 e. The molecule has 0 aliphatic carbocycles. The van der Waals surface area contributed by atoms with Crippen molar-refractivity contribution in [2.24, 2.45) is 0 Å². The summed E-state index contributed by atoms with van der Waals surface area (Å²) in [6.45, 7) is 2.50. The monoisotopic (exact) mass is 368 g/mol. The van der Waals surface area contributed by atoms with Gasteiger partial charge in [-0.3, -0.25) is 4.90 Å². The maximum absolute atomic E-state index is 13.2. The van der Waals surface area contributed by atoms with E-state index in [1.54, 1.807) is 23.1 Å². The highest BCUT2D eigenvalue weighted by Crippen LogP contribution is 2.38. The average Bonchev–Trinajstić information content (AvgIpc) is 2.99. The van der Waals surface area contributed by atoms with E-state index >= 15 is 0 Å². The molecule has 0 aliphatic rings. The molecule has 25 heavy (non-hydrogen) atoms. The molecule has 1 aromatic heterocycles. The van der Waals surface area contributed by atoms with Gasteiger partial charge in [0.2, 0.25) is 0 Å². The van der Waals surface area contributed by atoms with Gasteiger partial charge in [0.15, 0.2) is 5.58 Å². The number of halogens is 4. The Balaban J connectivity index is 2.06. The number of benzene rings is 2. The SMILES string of the molecule is CCCCN(c1ccc(Cl)c(C(F)(F)F)c1)c1nc2ccccc2o1. The molecule has 3 rings (SSSR count). The Bertz CT molecular complexity index is 843. The van der Waals surface area contributed by atoms with Crippen LogP contribution in [0.1, 0.15) is 25.3 Å². The molecule has 0 fully saturated rings. The molecule has 7 heteroatoms. The summed E-state index contributed by atoms with van der Waals surface area (Å²) < 4.78 is 45.3. The zero-order chi connectivity index (χ0) is 18.0. The number of nitrogens with zero attached hydrogens (tertiary/aromatic N) is 2. The molecular weight excluding hydrogens is 353 g/mol.